The Kier molecular flexibility index (Phi) is 4.56. The van der Waals surface area contributed by atoms with Crippen LogP contribution in [-0.4, -0.2) is 10.8 Å². The fraction of sp³-hybridized carbons (Fsp3) is 0. The van der Waals surface area contributed by atoms with Gasteiger partial charge in [-0.1, -0.05) is 11.6 Å². The second kappa shape index (κ2) is 6.19. The standard InChI is InChI=1S/C13H8ClIN2O3/c14-9-3-6-12(11(15)7-9)16-13(18)8-1-4-10(5-2-8)17(19)20/h1-7H,(H,16,18). The van der Waals surface area contributed by atoms with Crippen LogP contribution in [-0.2, 0) is 0 Å². The van der Waals surface area contributed by atoms with Gasteiger partial charge >= 0.3 is 0 Å². The zero-order valence-electron chi connectivity index (χ0n) is 9.97. The molecule has 7 heteroatoms. The van der Waals surface area contributed by atoms with Gasteiger partial charge in [0.05, 0.1) is 10.6 Å². The Morgan fingerprint density at radius 3 is 2.40 bits per heavy atom. The molecule has 0 bridgehead atoms. The van der Waals surface area contributed by atoms with Crippen LogP contribution in [0.15, 0.2) is 42.5 Å². The van der Waals surface area contributed by atoms with Crippen molar-refractivity contribution in [1.82, 2.24) is 0 Å². The lowest BCUT2D eigenvalue weighted by molar-refractivity contribution is -0.384. The molecule has 0 aromatic heterocycles. The first-order chi connectivity index (χ1) is 9.47. The van der Waals surface area contributed by atoms with E-state index in [0.29, 0.717) is 16.3 Å². The molecule has 0 aliphatic rings. The van der Waals surface area contributed by atoms with E-state index in [1.165, 1.54) is 24.3 Å². The number of anilines is 1. The number of amides is 1. The van der Waals surface area contributed by atoms with Gasteiger partial charge < -0.3 is 5.32 Å². The van der Waals surface area contributed by atoms with Crippen LogP contribution in [0.1, 0.15) is 10.4 Å². The molecule has 5 nitrogen and oxygen atoms in total. The summed E-state index contributed by atoms with van der Waals surface area (Å²) in [6, 6.07) is 10.5. The molecule has 0 aliphatic carbocycles. The molecule has 0 heterocycles. The highest BCUT2D eigenvalue weighted by molar-refractivity contribution is 14.1. The van der Waals surface area contributed by atoms with Crippen LogP contribution in [0.5, 0.6) is 0 Å². The molecular weight excluding hydrogens is 395 g/mol. The minimum atomic E-state index is -0.510. The molecule has 1 N–H and O–H groups in total. The van der Waals surface area contributed by atoms with Gasteiger partial charge in [0.1, 0.15) is 0 Å². The van der Waals surface area contributed by atoms with Crippen molar-refractivity contribution >= 4 is 51.5 Å². The highest BCUT2D eigenvalue weighted by Gasteiger charge is 2.11. The highest BCUT2D eigenvalue weighted by atomic mass is 127. The van der Waals surface area contributed by atoms with Gasteiger partial charge in [0.25, 0.3) is 11.6 Å². The first-order valence-electron chi connectivity index (χ1n) is 5.48. The number of nitrogens with one attached hydrogen (secondary N) is 1. The average Bonchev–Trinajstić information content (AvgIpc) is 2.42. The van der Waals surface area contributed by atoms with Crippen molar-refractivity contribution in [3.63, 3.8) is 0 Å². The zero-order valence-corrected chi connectivity index (χ0v) is 12.9. The molecule has 102 valence electrons. The molecule has 0 atom stereocenters. The number of nitro groups is 1. The molecule has 1 amide bonds. The summed E-state index contributed by atoms with van der Waals surface area (Å²) in [6.07, 6.45) is 0. The second-order valence-corrected chi connectivity index (χ2v) is 5.48. The van der Waals surface area contributed by atoms with Gasteiger partial charge in [-0.15, -0.1) is 0 Å². The van der Waals surface area contributed by atoms with E-state index in [2.05, 4.69) is 27.9 Å². The van der Waals surface area contributed by atoms with Crippen molar-refractivity contribution < 1.29 is 9.72 Å². The maximum Gasteiger partial charge on any atom is 0.269 e. The molecule has 0 saturated heterocycles. The van der Waals surface area contributed by atoms with Gasteiger partial charge in [-0.05, 0) is 52.9 Å². The Bertz CT molecular complexity index is 674. The fourth-order valence-corrected chi connectivity index (χ4v) is 2.53. The summed E-state index contributed by atoms with van der Waals surface area (Å²) in [6.45, 7) is 0. The van der Waals surface area contributed by atoms with E-state index in [-0.39, 0.29) is 11.6 Å². The van der Waals surface area contributed by atoms with Crippen LogP contribution in [0.3, 0.4) is 0 Å². The summed E-state index contributed by atoms with van der Waals surface area (Å²) in [5, 5.41) is 13.9. The Balaban J connectivity index is 2.17. The first kappa shape index (κ1) is 14.7. The van der Waals surface area contributed by atoms with Crippen molar-refractivity contribution in [3.05, 3.63) is 66.7 Å². The van der Waals surface area contributed by atoms with Crippen LogP contribution in [0.25, 0.3) is 0 Å². The van der Waals surface area contributed by atoms with Crippen molar-refractivity contribution in [1.29, 1.82) is 0 Å². The number of non-ortho nitro benzene ring substituents is 1. The van der Waals surface area contributed by atoms with Gasteiger partial charge in [0, 0.05) is 26.3 Å². The highest BCUT2D eigenvalue weighted by Crippen LogP contribution is 2.23. The number of hydrogen-bond acceptors (Lipinski definition) is 3. The van der Waals surface area contributed by atoms with Crippen LogP contribution in [0.2, 0.25) is 5.02 Å². The molecule has 0 radical (unpaired) electrons. The molecule has 2 aromatic carbocycles. The maximum atomic E-state index is 12.0. The Morgan fingerprint density at radius 1 is 1.20 bits per heavy atom. The van der Waals surface area contributed by atoms with E-state index in [4.69, 9.17) is 11.6 Å². The van der Waals surface area contributed by atoms with E-state index in [1.807, 2.05) is 0 Å². The second-order valence-electron chi connectivity index (χ2n) is 3.88. The van der Waals surface area contributed by atoms with Crippen molar-refractivity contribution in [3.8, 4) is 0 Å². The first-order valence-corrected chi connectivity index (χ1v) is 6.94. The minimum absolute atomic E-state index is 0.0531. The fourth-order valence-electron chi connectivity index (χ4n) is 1.52. The molecule has 0 spiro atoms. The Hall–Kier alpha value is -1.67. The minimum Gasteiger partial charge on any atom is -0.321 e. The van der Waals surface area contributed by atoms with Crippen LogP contribution in [0.4, 0.5) is 11.4 Å². The molecule has 2 rings (SSSR count). The number of nitro benzene ring substituents is 1. The van der Waals surface area contributed by atoms with Gasteiger partial charge in [-0.3, -0.25) is 14.9 Å². The maximum absolute atomic E-state index is 12.0. The molecule has 0 unspecified atom stereocenters. The normalized spacial score (nSPS) is 10.1. The predicted octanol–water partition coefficient (Wildman–Crippen LogP) is 4.11. The van der Waals surface area contributed by atoms with Crippen LogP contribution < -0.4 is 5.32 Å². The number of hydrogen-bond donors (Lipinski definition) is 1. The zero-order chi connectivity index (χ0) is 14.7. The summed E-state index contributed by atoms with van der Waals surface area (Å²) in [4.78, 5) is 22.0. The number of carbonyl (C=O) groups is 1. The topological polar surface area (TPSA) is 72.2 Å². The van der Waals surface area contributed by atoms with Crippen molar-refractivity contribution in [2.75, 3.05) is 5.32 Å². The molecular formula is C13H8ClIN2O3. The Labute approximate surface area is 133 Å². The SMILES string of the molecule is O=C(Nc1ccc(Cl)cc1I)c1ccc([N+](=O)[O-])cc1. The predicted molar refractivity (Wildman–Crippen MR) is 85.2 cm³/mol. The summed E-state index contributed by atoms with van der Waals surface area (Å²) in [5.41, 5.74) is 0.933. The quantitative estimate of drug-likeness (QED) is 0.477. The molecule has 0 aliphatic heterocycles. The Morgan fingerprint density at radius 2 is 1.85 bits per heavy atom. The average molecular weight is 403 g/mol. The van der Waals surface area contributed by atoms with E-state index < -0.39 is 4.92 Å². The van der Waals surface area contributed by atoms with Crippen molar-refractivity contribution in [2.45, 2.75) is 0 Å². The summed E-state index contributed by atoms with van der Waals surface area (Å²) >= 11 is 7.90. The van der Waals surface area contributed by atoms with Gasteiger partial charge in [0.2, 0.25) is 0 Å². The number of nitrogens with zero attached hydrogens (tertiary/aromatic N) is 1. The molecule has 2 aromatic rings. The van der Waals surface area contributed by atoms with Gasteiger partial charge in [-0.25, -0.2) is 0 Å². The van der Waals surface area contributed by atoms with E-state index >= 15 is 0 Å². The van der Waals surface area contributed by atoms with E-state index in [9.17, 15) is 14.9 Å². The molecule has 0 fully saturated rings. The summed E-state index contributed by atoms with van der Waals surface area (Å²) in [7, 11) is 0. The van der Waals surface area contributed by atoms with Gasteiger partial charge in [-0.2, -0.15) is 0 Å². The van der Waals surface area contributed by atoms with Gasteiger partial charge in [0.15, 0.2) is 0 Å². The van der Waals surface area contributed by atoms with E-state index in [0.717, 1.165) is 3.57 Å². The third-order valence-electron chi connectivity index (χ3n) is 2.52. The third kappa shape index (κ3) is 3.45. The lowest BCUT2D eigenvalue weighted by atomic mass is 10.2. The number of halogens is 2. The number of benzene rings is 2. The molecule has 20 heavy (non-hydrogen) atoms. The third-order valence-corrected chi connectivity index (χ3v) is 3.65. The lowest BCUT2D eigenvalue weighted by Crippen LogP contribution is -2.12. The lowest BCUT2D eigenvalue weighted by Gasteiger charge is -2.07. The van der Waals surface area contributed by atoms with Crippen LogP contribution in [0, 0.1) is 13.7 Å². The number of carbonyl (C=O) groups excluding carboxylic acids is 1. The summed E-state index contributed by atoms with van der Waals surface area (Å²) < 4.78 is 0.811. The number of rotatable bonds is 3. The van der Waals surface area contributed by atoms with Crippen molar-refractivity contribution in [2.24, 2.45) is 0 Å². The summed E-state index contributed by atoms with van der Waals surface area (Å²) in [5.74, 6) is -0.333. The molecule has 0 saturated carbocycles. The monoisotopic (exact) mass is 402 g/mol. The smallest absolute Gasteiger partial charge is 0.269 e. The largest absolute Gasteiger partial charge is 0.321 e. The van der Waals surface area contributed by atoms with E-state index in [1.54, 1.807) is 18.2 Å². The van der Waals surface area contributed by atoms with Crippen LogP contribution >= 0.6 is 34.2 Å².